The number of aryl methyl sites for hydroxylation is 1. The molecular formula is C20H17FN4O5. The van der Waals surface area contributed by atoms with Crippen molar-refractivity contribution in [2.75, 3.05) is 0 Å². The number of pyridine rings is 1. The number of aromatic nitrogens is 2. The topological polar surface area (TPSA) is 130 Å². The minimum Gasteiger partial charge on any atom is -0.365 e. The van der Waals surface area contributed by atoms with Crippen molar-refractivity contribution in [2.24, 2.45) is 5.73 Å². The lowest BCUT2D eigenvalue weighted by Crippen LogP contribution is -2.31. The number of nitrogens with zero attached hydrogens (tertiary/aromatic N) is 3. The van der Waals surface area contributed by atoms with Crippen LogP contribution in [0.5, 0.6) is 0 Å². The Morgan fingerprint density at radius 2 is 1.87 bits per heavy atom. The number of hydrogen-bond acceptors (Lipinski definition) is 5. The van der Waals surface area contributed by atoms with Crippen LogP contribution in [0.2, 0.25) is 0 Å². The maximum absolute atomic E-state index is 13.6. The van der Waals surface area contributed by atoms with Gasteiger partial charge >= 0.3 is 0 Å². The molecule has 0 saturated carbocycles. The first-order valence-corrected chi connectivity index (χ1v) is 8.77. The molecule has 0 aliphatic carbocycles. The fourth-order valence-corrected chi connectivity index (χ4v) is 3.31. The Hall–Kier alpha value is -4.08. The van der Waals surface area contributed by atoms with Gasteiger partial charge in [0.05, 0.1) is 17.7 Å². The van der Waals surface area contributed by atoms with Gasteiger partial charge in [0.1, 0.15) is 11.4 Å². The molecule has 3 aromatic rings. The van der Waals surface area contributed by atoms with Gasteiger partial charge in [0.2, 0.25) is 0 Å². The number of nitrogens with two attached hydrogens (primary N) is 1. The molecule has 154 valence electrons. The number of rotatable bonds is 6. The van der Waals surface area contributed by atoms with E-state index in [9.17, 15) is 28.9 Å². The monoisotopic (exact) mass is 412 g/mol. The van der Waals surface area contributed by atoms with Crippen molar-refractivity contribution in [1.82, 2.24) is 9.13 Å². The van der Waals surface area contributed by atoms with E-state index in [1.807, 2.05) is 0 Å². The zero-order valence-electron chi connectivity index (χ0n) is 16.1. The third-order valence-electron chi connectivity index (χ3n) is 4.66. The average molecular weight is 412 g/mol. The van der Waals surface area contributed by atoms with Crippen LogP contribution in [0, 0.1) is 29.8 Å². The van der Waals surface area contributed by atoms with Crippen molar-refractivity contribution in [1.29, 1.82) is 0 Å². The van der Waals surface area contributed by atoms with Crippen LogP contribution in [-0.2, 0) is 6.54 Å². The van der Waals surface area contributed by atoms with Crippen LogP contribution in [0.4, 0.5) is 10.1 Å². The van der Waals surface area contributed by atoms with Crippen LogP contribution in [0.25, 0.3) is 5.69 Å². The number of nitro groups is 1. The second-order valence-electron chi connectivity index (χ2n) is 6.69. The highest BCUT2D eigenvalue weighted by Gasteiger charge is 2.21. The zero-order chi connectivity index (χ0) is 22.2. The largest absolute Gasteiger partial charge is 0.365 e. The second-order valence-corrected chi connectivity index (χ2v) is 6.69. The number of carbonyl (C=O) groups is 2. The van der Waals surface area contributed by atoms with Crippen molar-refractivity contribution >= 4 is 17.4 Å². The van der Waals surface area contributed by atoms with E-state index in [0.717, 1.165) is 16.8 Å². The summed E-state index contributed by atoms with van der Waals surface area (Å²) in [5, 5.41) is 11.1. The van der Waals surface area contributed by atoms with Gasteiger partial charge in [0.25, 0.3) is 17.2 Å². The summed E-state index contributed by atoms with van der Waals surface area (Å²) in [5.74, 6) is -2.08. The first kappa shape index (κ1) is 20.6. The second kappa shape index (κ2) is 7.74. The quantitative estimate of drug-likeness (QED) is 0.377. The summed E-state index contributed by atoms with van der Waals surface area (Å²) >= 11 is 0. The molecule has 30 heavy (non-hydrogen) atoms. The van der Waals surface area contributed by atoms with E-state index in [1.165, 1.54) is 12.1 Å². The van der Waals surface area contributed by atoms with Crippen molar-refractivity contribution in [2.45, 2.75) is 20.4 Å². The van der Waals surface area contributed by atoms with Gasteiger partial charge < -0.3 is 14.9 Å². The fraction of sp³-hybridized carbons (Fsp3) is 0.150. The van der Waals surface area contributed by atoms with Gasteiger partial charge in [0.15, 0.2) is 5.78 Å². The van der Waals surface area contributed by atoms with Crippen LogP contribution in [0.15, 0.2) is 47.4 Å². The maximum atomic E-state index is 13.6. The first-order valence-electron chi connectivity index (χ1n) is 8.77. The molecule has 0 spiro atoms. The van der Waals surface area contributed by atoms with Crippen molar-refractivity contribution in [3.05, 3.63) is 91.4 Å². The van der Waals surface area contributed by atoms with Gasteiger partial charge in [-0.3, -0.25) is 24.5 Å². The molecule has 1 aromatic carbocycles. The van der Waals surface area contributed by atoms with Crippen molar-refractivity contribution in [3.63, 3.8) is 0 Å². The van der Waals surface area contributed by atoms with Gasteiger partial charge in [0, 0.05) is 28.7 Å². The van der Waals surface area contributed by atoms with Crippen LogP contribution in [0.3, 0.4) is 0 Å². The molecule has 0 aliphatic heterocycles. The van der Waals surface area contributed by atoms with Gasteiger partial charge in [-0.15, -0.1) is 0 Å². The lowest BCUT2D eigenvalue weighted by molar-refractivity contribution is -0.385. The van der Waals surface area contributed by atoms with Crippen LogP contribution in [-0.4, -0.2) is 25.7 Å². The Balaban J connectivity index is 2.04. The van der Waals surface area contributed by atoms with Crippen LogP contribution in [0.1, 0.15) is 32.1 Å². The summed E-state index contributed by atoms with van der Waals surface area (Å²) in [4.78, 5) is 47.1. The molecule has 0 radical (unpaired) electrons. The Morgan fingerprint density at radius 3 is 2.47 bits per heavy atom. The highest BCUT2D eigenvalue weighted by molar-refractivity contribution is 5.98. The third kappa shape index (κ3) is 3.75. The van der Waals surface area contributed by atoms with Crippen molar-refractivity contribution in [3.8, 4) is 5.69 Å². The van der Waals surface area contributed by atoms with Gasteiger partial charge in [-0.1, -0.05) is 6.07 Å². The first-order chi connectivity index (χ1) is 14.1. The third-order valence-corrected chi connectivity index (χ3v) is 4.66. The molecule has 0 bridgehead atoms. The molecular weight excluding hydrogens is 395 g/mol. The molecule has 9 nitrogen and oxygen atoms in total. The van der Waals surface area contributed by atoms with Crippen LogP contribution >= 0.6 is 0 Å². The Morgan fingerprint density at radius 1 is 1.17 bits per heavy atom. The van der Waals surface area contributed by atoms with E-state index < -0.39 is 45.8 Å². The molecule has 2 heterocycles. The van der Waals surface area contributed by atoms with E-state index in [1.54, 1.807) is 36.6 Å². The predicted molar refractivity (Wildman–Crippen MR) is 105 cm³/mol. The zero-order valence-corrected chi connectivity index (χ0v) is 16.1. The highest BCUT2D eigenvalue weighted by atomic mass is 19.1. The minimum atomic E-state index is -1.13. The maximum Gasteiger partial charge on any atom is 0.286 e. The minimum absolute atomic E-state index is 0.260. The Labute approximate surface area is 169 Å². The average Bonchev–Trinajstić information content (AvgIpc) is 2.97. The highest BCUT2D eigenvalue weighted by Crippen LogP contribution is 2.22. The lowest BCUT2D eigenvalue weighted by Gasteiger charge is -2.10. The van der Waals surface area contributed by atoms with E-state index in [2.05, 4.69) is 0 Å². The molecule has 2 N–H and O–H groups in total. The molecule has 2 aromatic heterocycles. The van der Waals surface area contributed by atoms with Crippen molar-refractivity contribution < 1.29 is 18.9 Å². The molecule has 0 aliphatic rings. The van der Waals surface area contributed by atoms with Crippen LogP contribution < -0.4 is 11.3 Å². The number of primary amides is 1. The van der Waals surface area contributed by atoms with E-state index in [0.29, 0.717) is 17.1 Å². The summed E-state index contributed by atoms with van der Waals surface area (Å²) in [5.41, 5.74) is 5.05. The molecule has 10 heteroatoms. The molecule has 0 atom stereocenters. The summed E-state index contributed by atoms with van der Waals surface area (Å²) in [6.07, 6.45) is 0.887. The number of hydrogen-bond donors (Lipinski definition) is 1. The number of benzene rings is 1. The number of amides is 1. The molecule has 0 saturated heterocycles. The molecule has 1 amide bonds. The summed E-state index contributed by atoms with van der Waals surface area (Å²) < 4.78 is 16.1. The van der Waals surface area contributed by atoms with Gasteiger partial charge in [-0.2, -0.15) is 0 Å². The summed E-state index contributed by atoms with van der Waals surface area (Å²) in [6, 6.07) is 8.20. The summed E-state index contributed by atoms with van der Waals surface area (Å²) in [6.45, 7) is 2.86. The van der Waals surface area contributed by atoms with Gasteiger partial charge in [-0.25, -0.2) is 4.39 Å². The molecule has 0 fully saturated rings. The predicted octanol–water partition coefficient (Wildman–Crippen LogP) is 2.28. The number of Topliss-reactive ketones (excluding diaryl/α,β-unsaturated/α-hetero) is 1. The van der Waals surface area contributed by atoms with E-state index >= 15 is 0 Å². The standard InChI is InChI=1S/C20H17FN4O5/c1-11-6-16(12(2)24(11)14-5-3-4-13(21)7-14)18(26)10-23-9-15(25(29)30)8-17(19(22)27)20(23)28/h3-9H,10H2,1-2H3,(H2,22,27). The van der Waals surface area contributed by atoms with Gasteiger partial charge in [-0.05, 0) is 38.1 Å². The molecule has 0 unspecified atom stereocenters. The SMILES string of the molecule is Cc1cc(C(=O)Cn2cc([N+](=O)[O-])cc(C(N)=O)c2=O)c(C)n1-c1cccc(F)c1. The van der Waals surface area contributed by atoms with E-state index in [-0.39, 0.29) is 5.56 Å². The normalized spacial score (nSPS) is 10.8. The number of halogens is 1. The number of ketones is 1. The fourth-order valence-electron chi connectivity index (χ4n) is 3.31. The Kier molecular flexibility index (Phi) is 5.33. The van der Waals surface area contributed by atoms with E-state index in [4.69, 9.17) is 5.73 Å². The lowest BCUT2D eigenvalue weighted by atomic mass is 10.1. The molecule has 3 rings (SSSR count). The summed E-state index contributed by atoms with van der Waals surface area (Å²) in [7, 11) is 0. The smallest absolute Gasteiger partial charge is 0.286 e. The Bertz CT molecular complexity index is 1260. The number of carbonyl (C=O) groups excluding carboxylic acids is 2.